The van der Waals surface area contributed by atoms with Crippen LogP contribution >= 0.6 is 11.6 Å². The third kappa shape index (κ3) is 7.20. The Hall–Kier alpha value is -1.10. The van der Waals surface area contributed by atoms with Crippen molar-refractivity contribution in [1.82, 2.24) is 0 Å². The largest absolute Gasteiger partial charge is 0.481 e. The summed E-state index contributed by atoms with van der Waals surface area (Å²) >= 11 is 6.58. The zero-order valence-electron chi connectivity index (χ0n) is 18.6. The summed E-state index contributed by atoms with van der Waals surface area (Å²) in [5.74, 6) is -0.177. The molecular weight excluding hydrogens is 412 g/mol. The van der Waals surface area contributed by atoms with Crippen LogP contribution in [-0.2, 0) is 11.2 Å². The summed E-state index contributed by atoms with van der Waals surface area (Å²) in [4.78, 5) is 10.6. The lowest BCUT2D eigenvalue weighted by Gasteiger charge is -2.26. The Morgan fingerprint density at radius 3 is 2.39 bits per heavy atom. The minimum absolute atomic E-state index is 0.0248. The molecule has 0 saturated heterocycles. The Morgan fingerprint density at radius 2 is 1.71 bits per heavy atom. The number of hydrogen-bond donors (Lipinski definition) is 3. The molecular formula is C26H39ClO4. The minimum Gasteiger partial charge on any atom is -0.481 e. The Balaban J connectivity index is 1.40. The number of aliphatic carboxylic acids is 1. The fourth-order valence-corrected chi connectivity index (χ4v) is 6.08. The smallest absolute Gasteiger partial charge is 0.303 e. The molecule has 5 heteroatoms. The van der Waals surface area contributed by atoms with Crippen LogP contribution in [0.1, 0.15) is 82.6 Å². The van der Waals surface area contributed by atoms with Crippen LogP contribution in [0.15, 0.2) is 30.3 Å². The molecule has 5 atom stereocenters. The number of halogens is 1. The van der Waals surface area contributed by atoms with Gasteiger partial charge in [0.25, 0.3) is 0 Å². The third-order valence-electron chi connectivity index (χ3n) is 7.67. The summed E-state index contributed by atoms with van der Waals surface area (Å²) in [5.41, 5.74) is 1.36. The lowest BCUT2D eigenvalue weighted by Crippen LogP contribution is -2.26. The van der Waals surface area contributed by atoms with Crippen molar-refractivity contribution in [1.29, 1.82) is 0 Å². The standard InChI is InChI=1S/C26H39ClO4/c27-22-17-23(28)21(20(22)11-6-1-2-7-14-25(30)31)12-8-13-24(29)26(15-16-26)18-19-9-4-3-5-10-19/h3-5,9-10,20-24,28-29H,1-2,6-8,11-18H2,(H,30,31)/t20-,21-,22-,23-,24?/m1/s1. The van der Waals surface area contributed by atoms with Crippen LogP contribution in [0.25, 0.3) is 0 Å². The summed E-state index contributed by atoms with van der Waals surface area (Å²) in [7, 11) is 0. The highest BCUT2D eigenvalue weighted by atomic mass is 35.5. The molecule has 0 bridgehead atoms. The molecule has 1 unspecified atom stereocenters. The van der Waals surface area contributed by atoms with Gasteiger partial charge < -0.3 is 15.3 Å². The number of benzene rings is 1. The first-order valence-electron chi connectivity index (χ1n) is 12.2. The molecule has 2 saturated carbocycles. The van der Waals surface area contributed by atoms with Crippen LogP contribution in [0.5, 0.6) is 0 Å². The van der Waals surface area contributed by atoms with Gasteiger partial charge >= 0.3 is 5.97 Å². The van der Waals surface area contributed by atoms with E-state index in [0.29, 0.717) is 12.3 Å². The van der Waals surface area contributed by atoms with Gasteiger partial charge in [0.15, 0.2) is 0 Å². The minimum atomic E-state index is -0.723. The second-order valence-corrected chi connectivity index (χ2v) is 10.5. The van der Waals surface area contributed by atoms with E-state index in [0.717, 1.165) is 70.6 Å². The van der Waals surface area contributed by atoms with Crippen molar-refractivity contribution >= 4 is 17.6 Å². The van der Waals surface area contributed by atoms with Crippen LogP contribution < -0.4 is 0 Å². The van der Waals surface area contributed by atoms with E-state index < -0.39 is 5.97 Å². The molecule has 0 spiro atoms. The van der Waals surface area contributed by atoms with Gasteiger partial charge in [-0.3, -0.25) is 4.79 Å². The summed E-state index contributed by atoms with van der Waals surface area (Å²) in [6.45, 7) is 0. The molecule has 2 fully saturated rings. The predicted molar refractivity (Wildman–Crippen MR) is 124 cm³/mol. The molecule has 2 aliphatic rings. The molecule has 0 radical (unpaired) electrons. The third-order valence-corrected chi connectivity index (χ3v) is 8.17. The molecule has 1 aromatic rings. The van der Waals surface area contributed by atoms with Crippen LogP contribution in [-0.4, -0.2) is 38.9 Å². The first-order valence-corrected chi connectivity index (χ1v) is 12.6. The number of carboxylic acids is 1. The van der Waals surface area contributed by atoms with Gasteiger partial charge in [-0.1, -0.05) is 56.0 Å². The average Bonchev–Trinajstić information content (AvgIpc) is 3.46. The van der Waals surface area contributed by atoms with Crippen molar-refractivity contribution in [2.45, 2.75) is 101 Å². The topological polar surface area (TPSA) is 77.8 Å². The Bertz CT molecular complexity index is 675. The first kappa shape index (κ1) is 24.5. The molecule has 0 aromatic heterocycles. The quantitative estimate of drug-likeness (QED) is 0.256. The van der Waals surface area contributed by atoms with Crippen LogP contribution in [0, 0.1) is 17.3 Å². The summed E-state index contributed by atoms with van der Waals surface area (Å²) in [5, 5.41) is 30.2. The lowest BCUT2D eigenvalue weighted by atomic mass is 9.83. The van der Waals surface area contributed by atoms with E-state index in [2.05, 4.69) is 24.3 Å². The molecule has 2 aliphatic carbocycles. The SMILES string of the molecule is O=C(O)CCCCCC[C@@H]1[C@@H](CCCC(O)C2(Cc3ccccc3)CC2)[C@H](O)C[C@H]1Cl. The highest BCUT2D eigenvalue weighted by Gasteiger charge is 2.48. The number of hydrogen-bond acceptors (Lipinski definition) is 3. The van der Waals surface area contributed by atoms with Crippen molar-refractivity contribution in [2.24, 2.45) is 17.3 Å². The van der Waals surface area contributed by atoms with E-state index in [1.165, 1.54) is 5.56 Å². The number of alkyl halides is 1. The molecule has 0 heterocycles. The predicted octanol–water partition coefficient (Wildman–Crippen LogP) is 5.57. The van der Waals surface area contributed by atoms with Gasteiger partial charge in [-0.15, -0.1) is 11.6 Å². The van der Waals surface area contributed by atoms with Crippen LogP contribution in [0.3, 0.4) is 0 Å². The fraction of sp³-hybridized carbons (Fsp3) is 0.731. The molecule has 0 amide bonds. The number of aliphatic hydroxyl groups is 2. The number of carboxylic acid groups (broad SMARTS) is 1. The molecule has 0 aliphatic heterocycles. The Kier molecular flexibility index (Phi) is 9.24. The maximum atomic E-state index is 10.9. The van der Waals surface area contributed by atoms with Gasteiger partial charge in [0.2, 0.25) is 0 Å². The van der Waals surface area contributed by atoms with E-state index >= 15 is 0 Å². The zero-order valence-corrected chi connectivity index (χ0v) is 19.3. The highest BCUT2D eigenvalue weighted by Crippen LogP contribution is 2.52. The van der Waals surface area contributed by atoms with Crippen LogP contribution in [0.2, 0.25) is 0 Å². The normalized spacial score (nSPS) is 27.8. The monoisotopic (exact) mass is 450 g/mol. The Labute approximate surface area is 192 Å². The highest BCUT2D eigenvalue weighted by molar-refractivity contribution is 6.21. The fourth-order valence-electron chi connectivity index (χ4n) is 5.59. The maximum absolute atomic E-state index is 10.9. The Morgan fingerprint density at radius 1 is 1.03 bits per heavy atom. The van der Waals surface area contributed by atoms with E-state index in [4.69, 9.17) is 16.7 Å². The van der Waals surface area contributed by atoms with E-state index in [1.807, 2.05) is 6.07 Å². The van der Waals surface area contributed by atoms with Crippen molar-refractivity contribution in [2.75, 3.05) is 0 Å². The number of unbranched alkanes of at least 4 members (excludes halogenated alkanes) is 3. The van der Waals surface area contributed by atoms with Gasteiger partial charge in [0.1, 0.15) is 0 Å². The van der Waals surface area contributed by atoms with Crippen molar-refractivity contribution in [3.63, 3.8) is 0 Å². The molecule has 4 nitrogen and oxygen atoms in total. The van der Waals surface area contributed by atoms with Gasteiger partial charge in [-0.2, -0.15) is 0 Å². The molecule has 1 aromatic carbocycles. The summed E-state index contributed by atoms with van der Waals surface area (Å²) in [6.07, 6.45) is 10.8. The summed E-state index contributed by atoms with van der Waals surface area (Å²) < 4.78 is 0. The summed E-state index contributed by atoms with van der Waals surface area (Å²) in [6, 6.07) is 10.5. The molecule has 3 rings (SSSR count). The van der Waals surface area contributed by atoms with Crippen LogP contribution in [0.4, 0.5) is 0 Å². The van der Waals surface area contributed by atoms with E-state index in [1.54, 1.807) is 0 Å². The second kappa shape index (κ2) is 11.7. The van der Waals surface area contributed by atoms with Gasteiger partial charge in [0, 0.05) is 17.2 Å². The van der Waals surface area contributed by atoms with Crippen molar-refractivity contribution in [3.05, 3.63) is 35.9 Å². The number of aliphatic hydroxyl groups excluding tert-OH is 2. The van der Waals surface area contributed by atoms with Crippen molar-refractivity contribution < 1.29 is 20.1 Å². The van der Waals surface area contributed by atoms with Gasteiger partial charge in [-0.05, 0) is 68.8 Å². The number of rotatable bonds is 14. The average molecular weight is 451 g/mol. The molecule has 3 N–H and O–H groups in total. The van der Waals surface area contributed by atoms with E-state index in [9.17, 15) is 15.0 Å². The van der Waals surface area contributed by atoms with Crippen molar-refractivity contribution in [3.8, 4) is 0 Å². The van der Waals surface area contributed by atoms with E-state index in [-0.39, 0.29) is 35.3 Å². The molecule has 31 heavy (non-hydrogen) atoms. The van der Waals surface area contributed by atoms with Gasteiger partial charge in [0.05, 0.1) is 12.2 Å². The number of carbonyl (C=O) groups is 1. The first-order chi connectivity index (χ1) is 14.9. The van der Waals surface area contributed by atoms with Gasteiger partial charge in [-0.25, -0.2) is 0 Å². The zero-order chi connectivity index (χ0) is 22.3. The maximum Gasteiger partial charge on any atom is 0.303 e. The molecule has 174 valence electrons. The lowest BCUT2D eigenvalue weighted by molar-refractivity contribution is -0.137. The second-order valence-electron chi connectivity index (χ2n) is 9.96.